The minimum atomic E-state index is -2.88. The van der Waals surface area contributed by atoms with Crippen LogP contribution in [0.2, 0.25) is 0 Å². The average Bonchev–Trinajstić information content (AvgIpc) is 2.89. The first kappa shape index (κ1) is 16.6. The summed E-state index contributed by atoms with van der Waals surface area (Å²) in [6, 6.07) is 8.32. The number of nitrogens with zero attached hydrogens (tertiary/aromatic N) is 2. The van der Waals surface area contributed by atoms with Gasteiger partial charge in [0.15, 0.2) is 0 Å². The molecule has 3 N–H and O–H groups in total. The van der Waals surface area contributed by atoms with Gasteiger partial charge >= 0.3 is 0 Å². The predicted molar refractivity (Wildman–Crippen MR) is 78.6 cm³/mol. The van der Waals surface area contributed by atoms with E-state index >= 15 is 0 Å². The number of carbonyl (C=O) groups is 2. The van der Waals surface area contributed by atoms with Crippen molar-refractivity contribution in [2.75, 3.05) is 0 Å². The van der Waals surface area contributed by atoms with Crippen molar-refractivity contribution in [1.29, 1.82) is 0 Å². The molecular formula is C15H16F2N4O2. The lowest BCUT2D eigenvalue weighted by molar-refractivity contribution is -0.123. The van der Waals surface area contributed by atoms with Gasteiger partial charge in [0.2, 0.25) is 5.91 Å². The van der Waals surface area contributed by atoms with Crippen molar-refractivity contribution >= 4 is 11.8 Å². The van der Waals surface area contributed by atoms with Crippen LogP contribution < -0.4 is 11.1 Å². The van der Waals surface area contributed by atoms with Gasteiger partial charge in [-0.2, -0.15) is 5.10 Å². The number of benzene rings is 1. The van der Waals surface area contributed by atoms with E-state index in [1.807, 2.05) is 0 Å². The van der Waals surface area contributed by atoms with E-state index in [1.165, 1.54) is 14.0 Å². The topological polar surface area (TPSA) is 90.0 Å². The molecule has 2 rings (SSSR count). The van der Waals surface area contributed by atoms with Crippen LogP contribution >= 0.6 is 0 Å². The lowest BCUT2D eigenvalue weighted by Gasteiger charge is -2.28. The van der Waals surface area contributed by atoms with Crippen molar-refractivity contribution in [2.24, 2.45) is 12.8 Å². The Morgan fingerprint density at radius 3 is 2.43 bits per heavy atom. The molecule has 122 valence electrons. The molecular weight excluding hydrogens is 306 g/mol. The second-order valence-electron chi connectivity index (χ2n) is 5.18. The highest BCUT2D eigenvalue weighted by molar-refractivity contribution is 5.99. The Morgan fingerprint density at radius 1 is 1.30 bits per heavy atom. The average molecular weight is 322 g/mol. The van der Waals surface area contributed by atoms with E-state index in [-0.39, 0.29) is 5.56 Å². The van der Waals surface area contributed by atoms with E-state index in [9.17, 15) is 18.4 Å². The third kappa shape index (κ3) is 3.05. The number of primary amides is 1. The molecule has 0 fully saturated rings. The maximum absolute atomic E-state index is 13.1. The van der Waals surface area contributed by atoms with Gasteiger partial charge in [-0.3, -0.25) is 14.3 Å². The summed E-state index contributed by atoms with van der Waals surface area (Å²) in [6.07, 6.45) is -1.84. The van der Waals surface area contributed by atoms with E-state index in [4.69, 9.17) is 5.73 Å². The molecule has 1 aromatic carbocycles. The van der Waals surface area contributed by atoms with Gasteiger partial charge in [-0.05, 0) is 12.5 Å². The molecule has 0 radical (unpaired) electrons. The van der Waals surface area contributed by atoms with Gasteiger partial charge in [-0.15, -0.1) is 0 Å². The number of aryl methyl sites for hydroxylation is 1. The van der Waals surface area contributed by atoms with E-state index in [0.717, 1.165) is 10.9 Å². The number of alkyl halides is 2. The molecule has 0 saturated heterocycles. The lowest BCUT2D eigenvalue weighted by atomic mass is 9.91. The highest BCUT2D eigenvalue weighted by atomic mass is 19.3. The summed E-state index contributed by atoms with van der Waals surface area (Å²) in [7, 11) is 1.31. The normalized spacial score (nSPS) is 13.6. The molecule has 0 aliphatic carbocycles. The Kier molecular flexibility index (Phi) is 4.44. The first-order chi connectivity index (χ1) is 10.8. The second kappa shape index (κ2) is 6.15. The van der Waals surface area contributed by atoms with Crippen LogP contribution in [0.15, 0.2) is 36.5 Å². The summed E-state index contributed by atoms with van der Waals surface area (Å²) >= 11 is 0. The van der Waals surface area contributed by atoms with Crippen LogP contribution in [0.5, 0.6) is 0 Å². The molecule has 0 saturated carbocycles. The molecule has 0 aliphatic heterocycles. The molecule has 0 spiro atoms. The Balaban J connectivity index is 2.39. The third-order valence-corrected chi connectivity index (χ3v) is 3.64. The zero-order valence-electron chi connectivity index (χ0n) is 12.6. The van der Waals surface area contributed by atoms with Crippen LogP contribution in [-0.2, 0) is 17.4 Å². The van der Waals surface area contributed by atoms with Crippen LogP contribution in [-0.4, -0.2) is 21.6 Å². The molecule has 1 atom stereocenters. The predicted octanol–water partition coefficient (Wildman–Crippen LogP) is 1.49. The number of rotatable bonds is 5. The largest absolute Gasteiger partial charge is 0.367 e. The highest BCUT2D eigenvalue weighted by Crippen LogP contribution is 2.25. The Bertz CT molecular complexity index is 730. The molecule has 23 heavy (non-hydrogen) atoms. The standard InChI is InChI=1S/C15H16F2N4O2/c1-15(14(18)23,9-6-4-3-5-7-9)20-13(22)10-8-19-21(2)11(10)12(16)17/h3-8,12H,1-2H3,(H2,18,23)(H,20,22)/t15-/m0/s1. The third-order valence-electron chi connectivity index (χ3n) is 3.64. The van der Waals surface area contributed by atoms with Crippen molar-refractivity contribution in [1.82, 2.24) is 15.1 Å². The fourth-order valence-corrected chi connectivity index (χ4v) is 2.22. The van der Waals surface area contributed by atoms with Crippen molar-refractivity contribution in [3.63, 3.8) is 0 Å². The van der Waals surface area contributed by atoms with Gasteiger partial charge in [0.05, 0.1) is 11.8 Å². The maximum Gasteiger partial charge on any atom is 0.280 e. The number of hydrogen-bond donors (Lipinski definition) is 2. The number of hydrogen-bond acceptors (Lipinski definition) is 3. The molecule has 1 heterocycles. The Morgan fingerprint density at radius 2 is 1.91 bits per heavy atom. The summed E-state index contributed by atoms with van der Waals surface area (Å²) < 4.78 is 27.0. The number of nitrogens with one attached hydrogen (secondary N) is 1. The molecule has 1 aromatic heterocycles. The molecule has 6 nitrogen and oxygen atoms in total. The van der Waals surface area contributed by atoms with Crippen LogP contribution in [0, 0.1) is 0 Å². The maximum atomic E-state index is 13.1. The smallest absolute Gasteiger partial charge is 0.280 e. The van der Waals surface area contributed by atoms with Gasteiger partial charge in [0.25, 0.3) is 12.3 Å². The first-order valence-corrected chi connectivity index (χ1v) is 6.75. The van der Waals surface area contributed by atoms with Crippen molar-refractivity contribution in [3.8, 4) is 0 Å². The van der Waals surface area contributed by atoms with Crippen molar-refractivity contribution in [3.05, 3.63) is 53.3 Å². The molecule has 2 aromatic rings. The van der Waals surface area contributed by atoms with Crippen LogP contribution in [0.3, 0.4) is 0 Å². The van der Waals surface area contributed by atoms with E-state index in [1.54, 1.807) is 30.3 Å². The van der Waals surface area contributed by atoms with Crippen LogP contribution in [0.25, 0.3) is 0 Å². The van der Waals surface area contributed by atoms with Gasteiger partial charge in [0.1, 0.15) is 11.2 Å². The number of aromatic nitrogens is 2. The van der Waals surface area contributed by atoms with Crippen molar-refractivity contribution < 1.29 is 18.4 Å². The minimum Gasteiger partial charge on any atom is -0.367 e. The Hall–Kier alpha value is -2.77. The van der Waals surface area contributed by atoms with E-state index in [2.05, 4.69) is 10.4 Å². The lowest BCUT2D eigenvalue weighted by Crippen LogP contribution is -2.52. The number of halogens is 2. The van der Waals surface area contributed by atoms with E-state index in [0.29, 0.717) is 5.56 Å². The monoisotopic (exact) mass is 322 g/mol. The fourth-order valence-electron chi connectivity index (χ4n) is 2.22. The zero-order valence-corrected chi connectivity index (χ0v) is 12.6. The first-order valence-electron chi connectivity index (χ1n) is 6.75. The molecule has 8 heteroatoms. The summed E-state index contributed by atoms with van der Waals surface area (Å²) in [6.45, 7) is 1.42. The van der Waals surface area contributed by atoms with Crippen LogP contribution in [0.1, 0.15) is 35.0 Å². The second-order valence-corrected chi connectivity index (χ2v) is 5.18. The molecule has 0 bridgehead atoms. The van der Waals surface area contributed by atoms with E-state index < -0.39 is 29.5 Å². The van der Waals surface area contributed by atoms with Crippen LogP contribution in [0.4, 0.5) is 8.78 Å². The minimum absolute atomic E-state index is 0.300. The molecule has 0 aliphatic rings. The molecule has 0 unspecified atom stereocenters. The number of carbonyl (C=O) groups excluding carboxylic acids is 2. The quantitative estimate of drug-likeness (QED) is 0.874. The summed E-state index contributed by atoms with van der Waals surface area (Å²) in [4.78, 5) is 24.2. The van der Waals surface area contributed by atoms with Gasteiger partial charge < -0.3 is 11.1 Å². The van der Waals surface area contributed by atoms with Gasteiger partial charge in [-0.1, -0.05) is 30.3 Å². The molecule has 2 amide bonds. The fraction of sp³-hybridized carbons (Fsp3) is 0.267. The summed E-state index contributed by atoms with van der Waals surface area (Å²) in [5.41, 5.74) is 3.50. The van der Waals surface area contributed by atoms with Crippen molar-refractivity contribution in [2.45, 2.75) is 18.9 Å². The summed E-state index contributed by atoms with van der Waals surface area (Å²) in [5.74, 6) is -1.65. The van der Waals surface area contributed by atoms with Gasteiger partial charge in [0, 0.05) is 7.05 Å². The number of amides is 2. The summed E-state index contributed by atoms with van der Waals surface area (Å²) in [5, 5.41) is 6.10. The van der Waals surface area contributed by atoms with Gasteiger partial charge in [-0.25, -0.2) is 8.78 Å². The highest BCUT2D eigenvalue weighted by Gasteiger charge is 2.36. The SMILES string of the molecule is Cn1ncc(C(=O)N[C@](C)(C(N)=O)c2ccccc2)c1C(F)F. The zero-order chi connectivity index (χ0) is 17.2. The number of nitrogens with two attached hydrogens (primary N) is 1. The Labute approximate surface area is 131 Å².